The van der Waals surface area contributed by atoms with Gasteiger partial charge in [0.25, 0.3) is 5.91 Å². The van der Waals surface area contributed by atoms with Gasteiger partial charge < -0.3 is 16.0 Å². The van der Waals surface area contributed by atoms with Crippen LogP contribution in [0.5, 0.6) is 0 Å². The molecule has 1 aliphatic heterocycles. The third-order valence-electron chi connectivity index (χ3n) is 4.29. The minimum absolute atomic E-state index is 0. The van der Waals surface area contributed by atoms with Gasteiger partial charge in [-0.2, -0.15) is 0 Å². The van der Waals surface area contributed by atoms with E-state index in [0.717, 1.165) is 31.1 Å². The molecule has 1 heterocycles. The highest BCUT2D eigenvalue weighted by Gasteiger charge is 2.18. The first-order valence-electron chi connectivity index (χ1n) is 8.37. The number of amides is 1. The SMILES string of the molecule is C[C@H]1C[C@@H](Nc2cccc(NC(=O)c3ccc(F)cc3Cl)c2)CCN1.Cl. The first-order chi connectivity index (χ1) is 12.0. The van der Waals surface area contributed by atoms with Crippen LogP contribution < -0.4 is 16.0 Å². The van der Waals surface area contributed by atoms with Crippen LogP contribution in [0.1, 0.15) is 30.1 Å². The predicted octanol–water partition coefficient (Wildman–Crippen LogP) is 4.71. The van der Waals surface area contributed by atoms with Crippen LogP contribution in [-0.2, 0) is 0 Å². The van der Waals surface area contributed by atoms with Crippen LogP contribution in [0.15, 0.2) is 42.5 Å². The molecule has 7 heteroatoms. The number of halogens is 3. The summed E-state index contributed by atoms with van der Waals surface area (Å²) in [5.74, 6) is -0.832. The smallest absolute Gasteiger partial charge is 0.257 e. The van der Waals surface area contributed by atoms with Gasteiger partial charge in [0.15, 0.2) is 0 Å². The minimum atomic E-state index is -0.469. The Kier molecular flexibility index (Phi) is 7.26. The monoisotopic (exact) mass is 397 g/mol. The molecule has 2 aromatic carbocycles. The minimum Gasteiger partial charge on any atom is -0.382 e. The average Bonchev–Trinajstić information content (AvgIpc) is 2.55. The third kappa shape index (κ3) is 5.34. The number of rotatable bonds is 4. The molecule has 0 unspecified atom stereocenters. The Balaban J connectivity index is 0.00000243. The quantitative estimate of drug-likeness (QED) is 0.700. The van der Waals surface area contributed by atoms with Crippen LogP contribution in [-0.4, -0.2) is 24.5 Å². The molecule has 0 bridgehead atoms. The molecule has 0 aliphatic carbocycles. The van der Waals surface area contributed by atoms with Crippen molar-refractivity contribution in [3.63, 3.8) is 0 Å². The molecule has 1 aliphatic rings. The maximum atomic E-state index is 13.1. The molecule has 0 saturated carbocycles. The summed E-state index contributed by atoms with van der Waals surface area (Å²) in [5.41, 5.74) is 1.87. The first kappa shape index (κ1) is 20.5. The van der Waals surface area contributed by atoms with Crippen LogP contribution in [0.25, 0.3) is 0 Å². The van der Waals surface area contributed by atoms with Crippen molar-refractivity contribution in [3.8, 4) is 0 Å². The summed E-state index contributed by atoms with van der Waals surface area (Å²) in [6, 6.07) is 12.2. The topological polar surface area (TPSA) is 53.2 Å². The molecule has 3 rings (SSSR count). The van der Waals surface area contributed by atoms with Gasteiger partial charge >= 0.3 is 0 Å². The summed E-state index contributed by atoms with van der Waals surface area (Å²) in [4.78, 5) is 12.3. The molecule has 0 spiro atoms. The molecular weight excluding hydrogens is 376 g/mol. The summed E-state index contributed by atoms with van der Waals surface area (Å²) >= 11 is 5.95. The van der Waals surface area contributed by atoms with Crippen molar-refractivity contribution in [2.75, 3.05) is 17.2 Å². The number of hydrogen-bond acceptors (Lipinski definition) is 3. The molecule has 3 N–H and O–H groups in total. The average molecular weight is 398 g/mol. The normalized spacial score (nSPS) is 19.3. The maximum Gasteiger partial charge on any atom is 0.257 e. The van der Waals surface area contributed by atoms with Crippen molar-refractivity contribution < 1.29 is 9.18 Å². The van der Waals surface area contributed by atoms with E-state index < -0.39 is 5.82 Å². The lowest BCUT2D eigenvalue weighted by atomic mass is 10.0. The fourth-order valence-corrected chi connectivity index (χ4v) is 3.31. The van der Waals surface area contributed by atoms with Crippen molar-refractivity contribution in [2.24, 2.45) is 0 Å². The molecule has 140 valence electrons. The van der Waals surface area contributed by atoms with Gasteiger partial charge in [0.1, 0.15) is 5.82 Å². The van der Waals surface area contributed by atoms with Crippen LogP contribution >= 0.6 is 24.0 Å². The highest BCUT2D eigenvalue weighted by atomic mass is 35.5. The summed E-state index contributed by atoms with van der Waals surface area (Å²) in [6.07, 6.45) is 2.12. The Labute approximate surface area is 163 Å². The summed E-state index contributed by atoms with van der Waals surface area (Å²) < 4.78 is 13.1. The first-order valence-corrected chi connectivity index (χ1v) is 8.75. The van der Waals surface area contributed by atoms with Gasteiger partial charge in [0.2, 0.25) is 0 Å². The number of carbonyl (C=O) groups excluding carboxylic acids is 1. The highest BCUT2D eigenvalue weighted by Crippen LogP contribution is 2.22. The van der Waals surface area contributed by atoms with Gasteiger partial charge in [-0.3, -0.25) is 4.79 Å². The van der Waals surface area contributed by atoms with Gasteiger partial charge in [-0.1, -0.05) is 17.7 Å². The van der Waals surface area contributed by atoms with Gasteiger partial charge in [0.05, 0.1) is 10.6 Å². The predicted molar refractivity (Wildman–Crippen MR) is 107 cm³/mol. The largest absolute Gasteiger partial charge is 0.382 e. The van der Waals surface area contributed by atoms with Crippen molar-refractivity contribution in [1.82, 2.24) is 5.32 Å². The summed E-state index contributed by atoms with van der Waals surface area (Å²) in [7, 11) is 0. The Hall–Kier alpha value is -1.82. The zero-order valence-electron chi connectivity index (χ0n) is 14.4. The van der Waals surface area contributed by atoms with Gasteiger partial charge in [-0.15, -0.1) is 12.4 Å². The standard InChI is InChI=1S/C19H21ClFN3O.ClH/c1-12-9-16(7-8-22-12)23-14-3-2-4-15(11-14)24-19(25)17-6-5-13(21)10-18(17)20;/h2-6,10-12,16,22-23H,7-9H2,1H3,(H,24,25);1H/t12-,16-;/m0./s1. The number of carbonyl (C=O) groups is 1. The van der Waals surface area contributed by atoms with E-state index in [1.54, 1.807) is 0 Å². The lowest BCUT2D eigenvalue weighted by Crippen LogP contribution is -2.41. The zero-order valence-corrected chi connectivity index (χ0v) is 16.0. The van der Waals surface area contributed by atoms with Gasteiger partial charge in [-0.25, -0.2) is 4.39 Å². The number of hydrogen-bond donors (Lipinski definition) is 3. The van der Waals surface area contributed by atoms with Gasteiger partial charge in [0, 0.05) is 23.5 Å². The Morgan fingerprint density at radius 3 is 2.73 bits per heavy atom. The van der Waals surface area contributed by atoms with E-state index in [1.165, 1.54) is 12.1 Å². The molecule has 1 fully saturated rings. The van der Waals surface area contributed by atoms with Crippen LogP contribution in [0, 0.1) is 5.82 Å². The molecule has 0 aromatic heterocycles. The Morgan fingerprint density at radius 1 is 1.23 bits per heavy atom. The Bertz CT molecular complexity index is 772. The molecule has 0 radical (unpaired) electrons. The van der Waals surface area contributed by atoms with E-state index in [4.69, 9.17) is 11.6 Å². The molecule has 1 amide bonds. The fraction of sp³-hybridized carbons (Fsp3) is 0.316. The van der Waals surface area contributed by atoms with E-state index >= 15 is 0 Å². The fourth-order valence-electron chi connectivity index (χ4n) is 3.06. The second kappa shape index (κ2) is 9.21. The second-order valence-corrected chi connectivity index (χ2v) is 6.79. The highest BCUT2D eigenvalue weighted by molar-refractivity contribution is 6.34. The molecule has 4 nitrogen and oxygen atoms in total. The van der Waals surface area contributed by atoms with Crippen molar-refractivity contribution >= 4 is 41.3 Å². The third-order valence-corrected chi connectivity index (χ3v) is 4.60. The molecule has 1 saturated heterocycles. The zero-order chi connectivity index (χ0) is 17.8. The van der Waals surface area contributed by atoms with E-state index in [2.05, 4.69) is 22.9 Å². The number of nitrogens with one attached hydrogen (secondary N) is 3. The maximum absolute atomic E-state index is 13.1. The second-order valence-electron chi connectivity index (χ2n) is 6.38. The lowest BCUT2D eigenvalue weighted by Gasteiger charge is -2.29. The van der Waals surface area contributed by atoms with Crippen molar-refractivity contribution in [3.05, 3.63) is 58.9 Å². The molecule has 2 atom stereocenters. The van der Waals surface area contributed by atoms with E-state index in [1.807, 2.05) is 24.3 Å². The lowest BCUT2D eigenvalue weighted by molar-refractivity contribution is 0.102. The number of anilines is 2. The number of benzene rings is 2. The van der Waals surface area contributed by atoms with Gasteiger partial charge in [-0.05, 0) is 62.7 Å². The summed E-state index contributed by atoms with van der Waals surface area (Å²) in [6.45, 7) is 3.18. The van der Waals surface area contributed by atoms with Crippen molar-refractivity contribution in [1.29, 1.82) is 0 Å². The molecule has 2 aromatic rings. The molecular formula is C19H22Cl2FN3O. The van der Waals surface area contributed by atoms with E-state index in [9.17, 15) is 9.18 Å². The van der Waals surface area contributed by atoms with E-state index in [0.29, 0.717) is 17.8 Å². The summed E-state index contributed by atoms with van der Waals surface area (Å²) in [5, 5.41) is 9.84. The Morgan fingerprint density at radius 2 is 2.00 bits per heavy atom. The van der Waals surface area contributed by atoms with Crippen LogP contribution in [0.4, 0.5) is 15.8 Å². The number of piperidine rings is 1. The van der Waals surface area contributed by atoms with Crippen LogP contribution in [0.2, 0.25) is 5.02 Å². The van der Waals surface area contributed by atoms with E-state index in [-0.39, 0.29) is 28.9 Å². The van der Waals surface area contributed by atoms with Crippen LogP contribution in [0.3, 0.4) is 0 Å². The van der Waals surface area contributed by atoms with Crippen molar-refractivity contribution in [2.45, 2.75) is 31.8 Å². The molecule has 26 heavy (non-hydrogen) atoms.